The van der Waals surface area contributed by atoms with E-state index in [9.17, 15) is 0 Å². The average Bonchev–Trinajstić information content (AvgIpc) is 2.82. The van der Waals surface area contributed by atoms with Crippen molar-refractivity contribution >= 4 is 17.0 Å². The van der Waals surface area contributed by atoms with E-state index in [-0.39, 0.29) is 0 Å². The van der Waals surface area contributed by atoms with Crippen LogP contribution in [0.3, 0.4) is 0 Å². The lowest BCUT2D eigenvalue weighted by Gasteiger charge is -2.17. The van der Waals surface area contributed by atoms with Gasteiger partial charge in [0.1, 0.15) is 6.33 Å². The minimum Gasteiger partial charge on any atom is -0.368 e. The number of hydrogen-bond donors (Lipinski definition) is 1. The van der Waals surface area contributed by atoms with Gasteiger partial charge < -0.3 is 10.2 Å². The number of nitrogens with one attached hydrogen (secondary N) is 1. The van der Waals surface area contributed by atoms with E-state index < -0.39 is 0 Å². The molecule has 0 bridgehead atoms. The van der Waals surface area contributed by atoms with Crippen LogP contribution < -0.4 is 5.32 Å². The van der Waals surface area contributed by atoms with Crippen LogP contribution in [0.1, 0.15) is 20.3 Å². The van der Waals surface area contributed by atoms with Crippen molar-refractivity contribution in [1.82, 2.24) is 29.9 Å². The van der Waals surface area contributed by atoms with Gasteiger partial charge in [-0.2, -0.15) is 0 Å². The Morgan fingerprint density at radius 1 is 1.26 bits per heavy atom. The molecule has 104 valence electrons. The molecule has 2 aromatic rings. The first-order chi connectivity index (χ1) is 9.26. The third kappa shape index (κ3) is 3.17. The summed E-state index contributed by atoms with van der Waals surface area (Å²) in [6.07, 6.45) is 2.62. The summed E-state index contributed by atoms with van der Waals surface area (Å²) < 4.78 is 1.65. The van der Waals surface area contributed by atoms with E-state index in [1.807, 2.05) is 7.05 Å². The van der Waals surface area contributed by atoms with Crippen LogP contribution >= 0.6 is 0 Å². The molecule has 0 aliphatic carbocycles. The number of fused-ring (bicyclic) bond motifs is 1. The first-order valence-electron chi connectivity index (χ1n) is 6.72. The van der Waals surface area contributed by atoms with Gasteiger partial charge in [0.05, 0.1) is 0 Å². The molecule has 0 atom stereocenters. The molecular formula is C12H21N7. The van der Waals surface area contributed by atoms with E-state index in [0.717, 1.165) is 49.6 Å². The van der Waals surface area contributed by atoms with Gasteiger partial charge in [0.25, 0.3) is 0 Å². The quantitative estimate of drug-likeness (QED) is 0.748. The van der Waals surface area contributed by atoms with Crippen molar-refractivity contribution in [3.63, 3.8) is 0 Å². The van der Waals surface area contributed by atoms with E-state index in [1.165, 1.54) is 0 Å². The fraction of sp³-hybridized carbons (Fsp3) is 0.667. The van der Waals surface area contributed by atoms with Gasteiger partial charge in [-0.3, -0.25) is 0 Å². The highest BCUT2D eigenvalue weighted by atomic mass is 15.4. The van der Waals surface area contributed by atoms with E-state index in [2.05, 4.69) is 44.3 Å². The second-order valence-corrected chi connectivity index (χ2v) is 4.41. The molecule has 0 amide bonds. The van der Waals surface area contributed by atoms with Crippen LogP contribution in [0, 0.1) is 0 Å². The zero-order valence-electron chi connectivity index (χ0n) is 11.8. The minimum absolute atomic E-state index is 0.729. The zero-order chi connectivity index (χ0) is 13.7. The molecule has 2 heterocycles. The number of aromatic nitrogens is 5. The van der Waals surface area contributed by atoms with Crippen LogP contribution in [0.25, 0.3) is 11.2 Å². The Balaban J connectivity index is 1.91. The van der Waals surface area contributed by atoms with Crippen LogP contribution in [0.2, 0.25) is 0 Å². The van der Waals surface area contributed by atoms with Crippen LogP contribution in [0.4, 0.5) is 5.82 Å². The van der Waals surface area contributed by atoms with Crippen LogP contribution in [-0.2, 0) is 7.05 Å². The van der Waals surface area contributed by atoms with Crippen LogP contribution in [0.5, 0.6) is 0 Å². The summed E-state index contributed by atoms with van der Waals surface area (Å²) in [5.74, 6) is 0.762. The van der Waals surface area contributed by atoms with Crippen LogP contribution in [-0.4, -0.2) is 56.0 Å². The fourth-order valence-corrected chi connectivity index (χ4v) is 2.03. The predicted octanol–water partition coefficient (Wildman–Crippen LogP) is 0.902. The van der Waals surface area contributed by atoms with Gasteiger partial charge in [0, 0.05) is 13.6 Å². The van der Waals surface area contributed by atoms with Crippen molar-refractivity contribution in [3.8, 4) is 0 Å². The summed E-state index contributed by atoms with van der Waals surface area (Å²) in [7, 11) is 1.83. The lowest BCUT2D eigenvalue weighted by atomic mass is 10.3. The van der Waals surface area contributed by atoms with Crippen molar-refractivity contribution in [2.24, 2.45) is 7.05 Å². The summed E-state index contributed by atoms with van der Waals surface area (Å²) in [5.41, 5.74) is 1.48. The molecule has 2 rings (SSSR count). The first kappa shape index (κ1) is 13.7. The average molecular weight is 263 g/mol. The molecule has 0 spiro atoms. The number of nitrogens with zero attached hydrogens (tertiary/aromatic N) is 6. The smallest absolute Gasteiger partial charge is 0.183 e. The molecule has 2 aromatic heterocycles. The Morgan fingerprint density at radius 3 is 2.79 bits per heavy atom. The van der Waals surface area contributed by atoms with Gasteiger partial charge in [0.2, 0.25) is 0 Å². The molecule has 0 radical (unpaired) electrons. The number of aryl methyl sites for hydroxylation is 1. The second-order valence-electron chi connectivity index (χ2n) is 4.41. The van der Waals surface area contributed by atoms with Crippen molar-refractivity contribution in [2.75, 3.05) is 31.5 Å². The minimum atomic E-state index is 0.729. The maximum absolute atomic E-state index is 4.23. The second kappa shape index (κ2) is 6.42. The summed E-state index contributed by atoms with van der Waals surface area (Å²) in [4.78, 5) is 10.8. The molecule has 0 aliphatic heterocycles. The van der Waals surface area contributed by atoms with Gasteiger partial charge in [-0.15, -0.1) is 5.10 Å². The molecule has 7 heteroatoms. The van der Waals surface area contributed by atoms with Gasteiger partial charge >= 0.3 is 0 Å². The van der Waals surface area contributed by atoms with Crippen molar-refractivity contribution in [3.05, 3.63) is 6.33 Å². The van der Waals surface area contributed by atoms with Gasteiger partial charge in [-0.05, 0) is 26.1 Å². The number of rotatable bonds is 7. The molecule has 0 saturated heterocycles. The number of anilines is 1. The molecular weight excluding hydrogens is 242 g/mol. The normalized spacial score (nSPS) is 11.4. The lowest BCUT2D eigenvalue weighted by Crippen LogP contribution is -2.25. The maximum Gasteiger partial charge on any atom is 0.183 e. The lowest BCUT2D eigenvalue weighted by molar-refractivity contribution is 0.303. The Morgan fingerprint density at radius 2 is 2.05 bits per heavy atom. The molecule has 19 heavy (non-hydrogen) atoms. The van der Waals surface area contributed by atoms with Gasteiger partial charge in [-0.25, -0.2) is 14.6 Å². The van der Waals surface area contributed by atoms with E-state index in [4.69, 9.17) is 0 Å². The van der Waals surface area contributed by atoms with Gasteiger partial charge in [0.15, 0.2) is 17.0 Å². The summed E-state index contributed by atoms with van der Waals surface area (Å²) in [6, 6.07) is 0. The fourth-order valence-electron chi connectivity index (χ4n) is 2.03. The topological polar surface area (TPSA) is 71.8 Å². The van der Waals surface area contributed by atoms with Crippen LogP contribution in [0.15, 0.2) is 6.33 Å². The van der Waals surface area contributed by atoms with Gasteiger partial charge in [-0.1, -0.05) is 19.1 Å². The maximum atomic E-state index is 4.23. The summed E-state index contributed by atoms with van der Waals surface area (Å²) in [5, 5.41) is 11.3. The summed E-state index contributed by atoms with van der Waals surface area (Å²) in [6.45, 7) is 8.53. The Hall–Kier alpha value is -1.76. The highest BCUT2D eigenvalue weighted by Gasteiger charge is 2.08. The highest BCUT2D eigenvalue weighted by Crippen LogP contribution is 2.14. The molecule has 0 fully saturated rings. The highest BCUT2D eigenvalue weighted by molar-refractivity contribution is 5.81. The summed E-state index contributed by atoms with van der Waals surface area (Å²) >= 11 is 0. The number of hydrogen-bond acceptors (Lipinski definition) is 6. The molecule has 7 nitrogen and oxygen atoms in total. The van der Waals surface area contributed by atoms with E-state index in [1.54, 1.807) is 11.0 Å². The van der Waals surface area contributed by atoms with Crippen molar-refractivity contribution in [2.45, 2.75) is 20.3 Å². The Kier molecular flexibility index (Phi) is 4.62. The Bertz CT molecular complexity index is 518. The van der Waals surface area contributed by atoms with Crippen molar-refractivity contribution in [1.29, 1.82) is 0 Å². The van der Waals surface area contributed by atoms with Crippen molar-refractivity contribution < 1.29 is 0 Å². The molecule has 0 aromatic carbocycles. The molecule has 1 N–H and O–H groups in total. The molecule has 0 unspecified atom stereocenters. The largest absolute Gasteiger partial charge is 0.368 e. The standard InChI is InChI=1S/C12H21N7/c1-4-19(5-2)8-6-7-13-11-10-12(15-9-14-11)18(3)17-16-10/h9H,4-8H2,1-3H3,(H,13,14,15). The molecule has 0 aliphatic rings. The SMILES string of the molecule is CCN(CC)CCCNc1ncnc2c1nnn2C. The van der Waals surface area contributed by atoms with E-state index in [0.29, 0.717) is 0 Å². The third-order valence-electron chi connectivity index (χ3n) is 3.23. The molecule has 0 saturated carbocycles. The Labute approximate surface area is 113 Å². The first-order valence-corrected chi connectivity index (χ1v) is 6.72. The third-order valence-corrected chi connectivity index (χ3v) is 3.23. The zero-order valence-corrected chi connectivity index (χ0v) is 11.8. The predicted molar refractivity (Wildman–Crippen MR) is 75.0 cm³/mol. The monoisotopic (exact) mass is 263 g/mol. The van der Waals surface area contributed by atoms with E-state index >= 15 is 0 Å².